The van der Waals surface area contributed by atoms with Gasteiger partial charge in [0.15, 0.2) is 0 Å². The molecule has 3 rings (SSSR count). The maximum absolute atomic E-state index is 10.8. The summed E-state index contributed by atoms with van der Waals surface area (Å²) < 4.78 is 0. The number of carbonyl (C=O) groups is 1. The molecule has 0 fully saturated rings. The standard InChI is InChI=1S/C11H8N2O/c14-6-7-2-1-3-9-10(7)4-8-5-12-13-11(8)9/h1-3,5-6H,4H2,(H,12,13). The first-order valence-corrected chi connectivity index (χ1v) is 4.50. The molecule has 0 atom stereocenters. The van der Waals surface area contributed by atoms with E-state index in [0.29, 0.717) is 0 Å². The van der Waals surface area contributed by atoms with Gasteiger partial charge >= 0.3 is 0 Å². The van der Waals surface area contributed by atoms with Gasteiger partial charge in [0.25, 0.3) is 0 Å². The summed E-state index contributed by atoms with van der Waals surface area (Å²) in [5, 5.41) is 6.94. The van der Waals surface area contributed by atoms with Gasteiger partial charge < -0.3 is 0 Å². The van der Waals surface area contributed by atoms with E-state index in [1.807, 2.05) is 24.4 Å². The highest BCUT2D eigenvalue weighted by Gasteiger charge is 2.21. The van der Waals surface area contributed by atoms with Crippen molar-refractivity contribution in [2.24, 2.45) is 0 Å². The molecule has 1 aromatic carbocycles. The highest BCUT2D eigenvalue weighted by molar-refractivity contribution is 5.85. The van der Waals surface area contributed by atoms with Crippen molar-refractivity contribution in [1.29, 1.82) is 0 Å². The molecule has 1 N–H and O–H groups in total. The molecule has 1 aliphatic carbocycles. The number of benzene rings is 1. The minimum Gasteiger partial charge on any atom is -0.298 e. The van der Waals surface area contributed by atoms with E-state index in [-0.39, 0.29) is 0 Å². The lowest BCUT2D eigenvalue weighted by Crippen LogP contribution is -1.90. The lowest BCUT2D eigenvalue weighted by molar-refractivity contribution is 0.112. The molecule has 0 amide bonds. The maximum Gasteiger partial charge on any atom is 0.150 e. The van der Waals surface area contributed by atoms with Crippen LogP contribution in [-0.2, 0) is 6.42 Å². The van der Waals surface area contributed by atoms with Crippen LogP contribution in [0.4, 0.5) is 0 Å². The number of rotatable bonds is 1. The Balaban J connectivity index is 2.31. The van der Waals surface area contributed by atoms with E-state index in [4.69, 9.17) is 0 Å². The fourth-order valence-corrected chi connectivity index (χ4v) is 2.02. The number of aromatic amines is 1. The van der Waals surface area contributed by atoms with E-state index >= 15 is 0 Å². The van der Waals surface area contributed by atoms with Crippen LogP contribution in [0.5, 0.6) is 0 Å². The molecule has 0 saturated heterocycles. The topological polar surface area (TPSA) is 45.8 Å². The molecule has 0 bridgehead atoms. The Hall–Kier alpha value is -1.90. The third-order valence-corrected chi connectivity index (χ3v) is 2.69. The number of aromatic nitrogens is 2. The molecule has 0 aliphatic heterocycles. The van der Waals surface area contributed by atoms with Crippen LogP contribution in [0.15, 0.2) is 24.4 Å². The van der Waals surface area contributed by atoms with Gasteiger partial charge in [-0.3, -0.25) is 9.89 Å². The summed E-state index contributed by atoms with van der Waals surface area (Å²) >= 11 is 0. The van der Waals surface area contributed by atoms with E-state index in [9.17, 15) is 4.79 Å². The summed E-state index contributed by atoms with van der Waals surface area (Å²) in [5.74, 6) is 0. The summed E-state index contributed by atoms with van der Waals surface area (Å²) in [7, 11) is 0. The molecule has 3 heteroatoms. The number of nitrogens with zero attached hydrogens (tertiary/aromatic N) is 1. The third-order valence-electron chi connectivity index (χ3n) is 2.69. The molecule has 14 heavy (non-hydrogen) atoms. The highest BCUT2D eigenvalue weighted by Crippen LogP contribution is 2.35. The first kappa shape index (κ1) is 7.50. The monoisotopic (exact) mass is 184 g/mol. The zero-order valence-corrected chi connectivity index (χ0v) is 7.45. The van der Waals surface area contributed by atoms with E-state index < -0.39 is 0 Å². The van der Waals surface area contributed by atoms with Gasteiger partial charge in [0.05, 0.1) is 11.9 Å². The lowest BCUT2D eigenvalue weighted by atomic mass is 10.0. The van der Waals surface area contributed by atoms with Crippen LogP contribution < -0.4 is 0 Å². The minimum atomic E-state index is 0.784. The van der Waals surface area contributed by atoms with Gasteiger partial charge in [0.1, 0.15) is 6.29 Å². The van der Waals surface area contributed by atoms with Gasteiger partial charge in [-0.05, 0) is 5.56 Å². The summed E-state index contributed by atoms with van der Waals surface area (Å²) in [6.45, 7) is 0. The Bertz CT molecular complexity index is 514. The quantitative estimate of drug-likeness (QED) is 0.586. The molecule has 2 aromatic rings. The maximum atomic E-state index is 10.8. The van der Waals surface area contributed by atoms with Crippen molar-refractivity contribution in [2.75, 3.05) is 0 Å². The molecule has 0 radical (unpaired) electrons. The molecule has 0 spiro atoms. The minimum absolute atomic E-state index is 0.784. The third kappa shape index (κ3) is 0.812. The number of hydrogen-bond acceptors (Lipinski definition) is 2. The number of aldehydes is 1. The van der Waals surface area contributed by atoms with E-state index in [0.717, 1.165) is 35.1 Å². The lowest BCUT2D eigenvalue weighted by Gasteiger charge is -2.01. The molecule has 68 valence electrons. The second-order valence-corrected chi connectivity index (χ2v) is 3.44. The van der Waals surface area contributed by atoms with Crippen LogP contribution in [0.2, 0.25) is 0 Å². The van der Waals surface area contributed by atoms with Crippen molar-refractivity contribution >= 4 is 6.29 Å². The molecular weight excluding hydrogens is 176 g/mol. The first-order chi connectivity index (χ1) is 6.90. The predicted molar refractivity (Wildman–Crippen MR) is 52.2 cm³/mol. The first-order valence-electron chi connectivity index (χ1n) is 4.50. The van der Waals surface area contributed by atoms with Crippen LogP contribution in [0.25, 0.3) is 11.3 Å². The Morgan fingerprint density at radius 2 is 2.36 bits per heavy atom. The Labute approximate surface area is 80.8 Å². The van der Waals surface area contributed by atoms with E-state index in [1.165, 1.54) is 5.56 Å². The van der Waals surface area contributed by atoms with Crippen molar-refractivity contribution in [2.45, 2.75) is 6.42 Å². The zero-order valence-electron chi connectivity index (χ0n) is 7.45. The molecular formula is C11H8N2O. The van der Waals surface area contributed by atoms with Gasteiger partial charge in [-0.25, -0.2) is 0 Å². The van der Waals surface area contributed by atoms with Crippen LogP contribution in [-0.4, -0.2) is 16.5 Å². The highest BCUT2D eigenvalue weighted by atomic mass is 16.1. The van der Waals surface area contributed by atoms with Crippen molar-refractivity contribution in [3.8, 4) is 11.3 Å². The summed E-state index contributed by atoms with van der Waals surface area (Å²) in [6, 6.07) is 5.77. The number of hydrogen-bond donors (Lipinski definition) is 1. The molecule has 0 saturated carbocycles. The van der Waals surface area contributed by atoms with E-state index in [2.05, 4.69) is 10.2 Å². The Morgan fingerprint density at radius 1 is 1.43 bits per heavy atom. The summed E-state index contributed by atoms with van der Waals surface area (Å²) in [4.78, 5) is 10.8. The normalized spacial score (nSPS) is 12.3. The predicted octanol–water partition coefficient (Wildman–Crippen LogP) is 1.79. The average Bonchev–Trinajstić information content (AvgIpc) is 2.76. The number of fused-ring (bicyclic) bond motifs is 3. The largest absolute Gasteiger partial charge is 0.298 e. The summed E-state index contributed by atoms with van der Waals surface area (Å²) in [5.41, 5.74) is 5.25. The molecule has 0 unspecified atom stereocenters. The second-order valence-electron chi connectivity index (χ2n) is 3.44. The fourth-order valence-electron chi connectivity index (χ4n) is 2.02. The molecule has 1 aromatic heterocycles. The van der Waals surface area contributed by atoms with Crippen LogP contribution in [0.3, 0.4) is 0 Å². The van der Waals surface area contributed by atoms with Crippen molar-refractivity contribution in [3.05, 3.63) is 41.1 Å². The van der Waals surface area contributed by atoms with Gasteiger partial charge in [-0.15, -0.1) is 0 Å². The molecule has 3 nitrogen and oxygen atoms in total. The van der Waals surface area contributed by atoms with Gasteiger partial charge in [-0.1, -0.05) is 18.2 Å². The SMILES string of the molecule is O=Cc1cccc2c1Cc1cn[nH]c1-2. The second kappa shape index (κ2) is 2.54. The van der Waals surface area contributed by atoms with Crippen LogP contribution in [0, 0.1) is 0 Å². The summed E-state index contributed by atoms with van der Waals surface area (Å²) in [6.07, 6.45) is 3.55. The van der Waals surface area contributed by atoms with Crippen molar-refractivity contribution in [1.82, 2.24) is 10.2 Å². The molecule has 1 aliphatic rings. The van der Waals surface area contributed by atoms with Gasteiger partial charge in [0, 0.05) is 23.1 Å². The number of H-pyrrole nitrogens is 1. The Kier molecular flexibility index (Phi) is 1.36. The van der Waals surface area contributed by atoms with Crippen molar-refractivity contribution < 1.29 is 4.79 Å². The van der Waals surface area contributed by atoms with Crippen molar-refractivity contribution in [3.63, 3.8) is 0 Å². The fraction of sp³-hybridized carbons (Fsp3) is 0.0909. The van der Waals surface area contributed by atoms with E-state index in [1.54, 1.807) is 0 Å². The zero-order chi connectivity index (χ0) is 9.54. The number of nitrogens with one attached hydrogen (secondary N) is 1. The number of carbonyl (C=O) groups excluding carboxylic acids is 1. The average molecular weight is 184 g/mol. The Morgan fingerprint density at radius 3 is 3.21 bits per heavy atom. The van der Waals surface area contributed by atoms with Crippen LogP contribution in [0.1, 0.15) is 21.5 Å². The van der Waals surface area contributed by atoms with Crippen LogP contribution >= 0.6 is 0 Å². The smallest absolute Gasteiger partial charge is 0.150 e. The van der Waals surface area contributed by atoms with Gasteiger partial charge in [0.2, 0.25) is 0 Å². The van der Waals surface area contributed by atoms with Gasteiger partial charge in [-0.2, -0.15) is 5.10 Å². The molecule has 1 heterocycles.